The molecule has 3 rings (SSSR count). The summed E-state index contributed by atoms with van der Waals surface area (Å²) in [6, 6.07) is 6.36. The van der Waals surface area contributed by atoms with Gasteiger partial charge in [-0.25, -0.2) is 0 Å². The minimum atomic E-state index is 0.110. The second kappa shape index (κ2) is 8.04. The van der Waals surface area contributed by atoms with Gasteiger partial charge in [0.05, 0.1) is 12.6 Å². The third kappa shape index (κ3) is 4.12. The zero-order valence-corrected chi connectivity index (χ0v) is 15.1. The Morgan fingerprint density at radius 2 is 2.00 bits per heavy atom. The molecule has 3 nitrogen and oxygen atoms in total. The predicted molar refractivity (Wildman–Crippen MR) is 97.1 cm³/mol. The molecule has 1 atom stereocenters. The van der Waals surface area contributed by atoms with Crippen molar-refractivity contribution in [2.75, 3.05) is 6.61 Å². The van der Waals surface area contributed by atoms with Gasteiger partial charge in [-0.05, 0) is 44.6 Å². The zero-order chi connectivity index (χ0) is 16.9. The van der Waals surface area contributed by atoms with E-state index in [1.54, 1.807) is 0 Å². The maximum atomic E-state index is 12.7. The van der Waals surface area contributed by atoms with Gasteiger partial charge in [0, 0.05) is 17.9 Å². The summed E-state index contributed by atoms with van der Waals surface area (Å²) in [5.74, 6) is 2.24. The largest absolute Gasteiger partial charge is 0.493 e. The van der Waals surface area contributed by atoms with Crippen LogP contribution in [0.15, 0.2) is 18.2 Å². The fourth-order valence-electron chi connectivity index (χ4n) is 4.16. The van der Waals surface area contributed by atoms with Gasteiger partial charge < -0.3 is 10.1 Å². The van der Waals surface area contributed by atoms with Gasteiger partial charge in [0.2, 0.25) is 5.91 Å². The van der Waals surface area contributed by atoms with Crippen molar-refractivity contribution in [3.63, 3.8) is 0 Å². The van der Waals surface area contributed by atoms with Gasteiger partial charge in [-0.15, -0.1) is 0 Å². The summed E-state index contributed by atoms with van der Waals surface area (Å²) in [6.45, 7) is 5.03. The Labute approximate surface area is 146 Å². The van der Waals surface area contributed by atoms with E-state index >= 15 is 0 Å². The summed E-state index contributed by atoms with van der Waals surface area (Å²) >= 11 is 0. The van der Waals surface area contributed by atoms with Crippen LogP contribution in [-0.2, 0) is 4.79 Å². The van der Waals surface area contributed by atoms with Gasteiger partial charge in [-0.2, -0.15) is 0 Å². The molecule has 3 heteroatoms. The molecule has 0 aromatic heterocycles. The first-order valence-corrected chi connectivity index (χ1v) is 9.71. The number of ether oxygens (including phenoxy) is 1. The normalized spacial score (nSPS) is 26.3. The number of hydrogen-bond donors (Lipinski definition) is 1. The molecular formula is C21H31NO2. The lowest BCUT2D eigenvalue weighted by molar-refractivity contribution is -0.127. The molecule has 1 amide bonds. The van der Waals surface area contributed by atoms with Crippen LogP contribution in [0.4, 0.5) is 0 Å². The van der Waals surface area contributed by atoms with E-state index in [2.05, 4.69) is 31.3 Å². The number of carbonyl (C=O) groups excluding carboxylic acids is 1. The Kier molecular flexibility index (Phi) is 5.80. The smallest absolute Gasteiger partial charge is 0.223 e. The molecule has 1 N–H and O–H groups in total. The lowest BCUT2D eigenvalue weighted by Crippen LogP contribution is -2.37. The average Bonchev–Trinajstić information content (AvgIpc) is 2.61. The summed E-state index contributed by atoms with van der Waals surface area (Å²) in [5.41, 5.74) is 2.36. The van der Waals surface area contributed by atoms with Gasteiger partial charge in [0.25, 0.3) is 0 Å². The molecule has 0 saturated heterocycles. The number of hydrogen-bond acceptors (Lipinski definition) is 2. The Hall–Kier alpha value is -1.51. The van der Waals surface area contributed by atoms with Crippen molar-refractivity contribution in [2.45, 2.75) is 71.3 Å². The van der Waals surface area contributed by atoms with Crippen molar-refractivity contribution < 1.29 is 9.53 Å². The number of rotatable bonds is 5. The molecule has 1 aliphatic carbocycles. The zero-order valence-electron chi connectivity index (χ0n) is 15.1. The van der Waals surface area contributed by atoms with Crippen molar-refractivity contribution in [3.05, 3.63) is 29.3 Å². The van der Waals surface area contributed by atoms with Crippen LogP contribution in [0.2, 0.25) is 0 Å². The molecule has 1 aliphatic heterocycles. The first-order valence-electron chi connectivity index (χ1n) is 9.71. The summed E-state index contributed by atoms with van der Waals surface area (Å²) in [6.07, 6.45) is 9.39. The lowest BCUT2D eigenvalue weighted by Gasteiger charge is -2.31. The van der Waals surface area contributed by atoms with E-state index in [1.807, 2.05) is 6.07 Å². The van der Waals surface area contributed by atoms with Crippen LogP contribution >= 0.6 is 0 Å². The highest BCUT2D eigenvalue weighted by atomic mass is 16.5. The van der Waals surface area contributed by atoms with Crippen LogP contribution < -0.4 is 10.1 Å². The summed E-state index contributed by atoms with van der Waals surface area (Å²) in [7, 11) is 0. The number of nitrogens with one attached hydrogen (secondary N) is 1. The molecule has 0 bridgehead atoms. The van der Waals surface area contributed by atoms with Crippen molar-refractivity contribution in [1.29, 1.82) is 0 Å². The molecule has 0 radical (unpaired) electrons. The second-order valence-corrected chi connectivity index (χ2v) is 7.60. The minimum Gasteiger partial charge on any atom is -0.493 e. The van der Waals surface area contributed by atoms with E-state index in [0.29, 0.717) is 6.61 Å². The Morgan fingerprint density at radius 1 is 1.21 bits per heavy atom. The van der Waals surface area contributed by atoms with Gasteiger partial charge in [-0.1, -0.05) is 43.9 Å². The Balaban J connectivity index is 1.56. The fourth-order valence-corrected chi connectivity index (χ4v) is 4.16. The lowest BCUT2D eigenvalue weighted by atomic mass is 9.79. The average molecular weight is 329 g/mol. The van der Waals surface area contributed by atoms with Crippen LogP contribution in [0.3, 0.4) is 0 Å². The highest BCUT2D eigenvalue weighted by Gasteiger charge is 2.29. The quantitative estimate of drug-likeness (QED) is 0.831. The molecule has 132 valence electrons. The fraction of sp³-hybridized carbons (Fsp3) is 0.667. The van der Waals surface area contributed by atoms with Gasteiger partial charge in [0.15, 0.2) is 0 Å². The van der Waals surface area contributed by atoms with Gasteiger partial charge in [-0.3, -0.25) is 4.79 Å². The molecule has 1 saturated carbocycles. The molecule has 1 aromatic carbocycles. The molecular weight excluding hydrogens is 298 g/mol. The number of amides is 1. The summed E-state index contributed by atoms with van der Waals surface area (Å²) in [4.78, 5) is 12.7. The number of benzene rings is 1. The monoisotopic (exact) mass is 329 g/mol. The van der Waals surface area contributed by atoms with E-state index in [9.17, 15) is 4.79 Å². The summed E-state index contributed by atoms with van der Waals surface area (Å²) < 4.78 is 5.74. The first-order chi connectivity index (χ1) is 11.7. The molecule has 1 heterocycles. The Morgan fingerprint density at radius 3 is 2.75 bits per heavy atom. The summed E-state index contributed by atoms with van der Waals surface area (Å²) in [5, 5.41) is 3.31. The predicted octanol–water partition coefficient (Wildman–Crippen LogP) is 4.93. The molecule has 1 unspecified atom stereocenters. The van der Waals surface area contributed by atoms with Gasteiger partial charge in [0.1, 0.15) is 5.75 Å². The third-order valence-electron chi connectivity index (χ3n) is 5.70. The maximum Gasteiger partial charge on any atom is 0.223 e. The number of unbranched alkanes of at least 4 members (excludes halogenated alkanes) is 1. The topological polar surface area (TPSA) is 38.3 Å². The van der Waals surface area contributed by atoms with E-state index in [-0.39, 0.29) is 17.9 Å². The van der Waals surface area contributed by atoms with Crippen molar-refractivity contribution in [1.82, 2.24) is 5.32 Å². The van der Waals surface area contributed by atoms with Crippen LogP contribution in [0.5, 0.6) is 5.75 Å². The Bertz CT molecular complexity index is 561. The van der Waals surface area contributed by atoms with Crippen LogP contribution in [0.25, 0.3) is 0 Å². The molecule has 0 spiro atoms. The molecule has 2 aliphatic rings. The number of aryl methyl sites for hydroxylation is 1. The maximum absolute atomic E-state index is 12.7. The second-order valence-electron chi connectivity index (χ2n) is 7.60. The number of carbonyl (C=O) groups is 1. The van der Waals surface area contributed by atoms with E-state index in [4.69, 9.17) is 4.74 Å². The van der Waals surface area contributed by atoms with Crippen LogP contribution in [0.1, 0.15) is 75.5 Å². The van der Waals surface area contributed by atoms with E-state index in [1.165, 1.54) is 37.7 Å². The standard InChI is InChI=1S/C21H31NO2/c1-3-4-5-16-7-9-17(10-8-16)21(23)22-19-12-13-24-20-11-6-15(2)14-18(19)20/h6,11,14,16-17,19H,3-5,7-10,12-13H2,1-2H3,(H,22,23). The first kappa shape index (κ1) is 17.3. The third-order valence-corrected chi connectivity index (χ3v) is 5.70. The van der Waals surface area contributed by atoms with Gasteiger partial charge >= 0.3 is 0 Å². The number of fused-ring (bicyclic) bond motifs is 1. The SMILES string of the molecule is CCCCC1CCC(C(=O)NC2CCOc3ccc(C)cc32)CC1. The molecule has 24 heavy (non-hydrogen) atoms. The highest BCUT2D eigenvalue weighted by molar-refractivity contribution is 5.79. The van der Waals surface area contributed by atoms with E-state index in [0.717, 1.165) is 36.5 Å². The highest BCUT2D eigenvalue weighted by Crippen LogP contribution is 2.35. The van der Waals surface area contributed by atoms with Crippen molar-refractivity contribution in [2.24, 2.45) is 11.8 Å². The van der Waals surface area contributed by atoms with Crippen molar-refractivity contribution in [3.8, 4) is 5.75 Å². The molecule has 1 fully saturated rings. The van der Waals surface area contributed by atoms with Crippen LogP contribution in [-0.4, -0.2) is 12.5 Å². The van der Waals surface area contributed by atoms with E-state index < -0.39 is 0 Å². The molecule has 1 aromatic rings. The van der Waals surface area contributed by atoms with Crippen LogP contribution in [0, 0.1) is 18.8 Å². The minimum absolute atomic E-state index is 0.110. The van der Waals surface area contributed by atoms with Crippen molar-refractivity contribution >= 4 is 5.91 Å².